The van der Waals surface area contributed by atoms with E-state index in [1.165, 1.54) is 38.5 Å². The molecule has 2 rings (SSSR count). The van der Waals surface area contributed by atoms with E-state index in [0.717, 1.165) is 22.7 Å². The van der Waals surface area contributed by atoms with E-state index >= 15 is 0 Å². The van der Waals surface area contributed by atoms with Crippen LogP contribution in [0.2, 0.25) is 5.02 Å². The minimum absolute atomic E-state index is 0.00956. The molecule has 0 saturated carbocycles. The molecule has 0 unspecified atom stereocenters. The molecule has 0 spiro atoms. The van der Waals surface area contributed by atoms with Crippen molar-refractivity contribution >= 4 is 38.9 Å². The lowest BCUT2D eigenvalue weighted by Gasteiger charge is -2.24. The van der Waals surface area contributed by atoms with E-state index in [4.69, 9.17) is 21.1 Å². The first-order chi connectivity index (χ1) is 14.3. The highest BCUT2D eigenvalue weighted by Gasteiger charge is 2.31. The molecule has 13 heteroatoms. The SMILES string of the molecule is COc1cc(N(CC(=O)Nc2ccc(OC(F)(F)F)cc2)S(C)(=O)=O)c(OC)cc1Cl. The van der Waals surface area contributed by atoms with Gasteiger partial charge in [0.15, 0.2) is 0 Å². The average molecular weight is 483 g/mol. The van der Waals surface area contributed by atoms with E-state index in [2.05, 4.69) is 10.1 Å². The van der Waals surface area contributed by atoms with Crippen LogP contribution in [0.4, 0.5) is 24.5 Å². The number of benzene rings is 2. The number of carbonyl (C=O) groups excluding carboxylic acids is 1. The van der Waals surface area contributed by atoms with Gasteiger partial charge in [-0.15, -0.1) is 13.2 Å². The summed E-state index contributed by atoms with van der Waals surface area (Å²) in [6.45, 7) is -0.652. The molecule has 0 radical (unpaired) electrons. The van der Waals surface area contributed by atoms with Gasteiger partial charge in [-0.2, -0.15) is 0 Å². The van der Waals surface area contributed by atoms with Crippen molar-refractivity contribution in [3.63, 3.8) is 0 Å². The van der Waals surface area contributed by atoms with Crippen LogP contribution in [0.3, 0.4) is 0 Å². The monoisotopic (exact) mass is 482 g/mol. The van der Waals surface area contributed by atoms with Crippen molar-refractivity contribution < 1.29 is 40.6 Å². The number of amides is 1. The summed E-state index contributed by atoms with van der Waals surface area (Å²) in [6.07, 6.45) is -3.95. The third kappa shape index (κ3) is 6.82. The Morgan fingerprint density at radius 1 is 1.10 bits per heavy atom. The van der Waals surface area contributed by atoms with Gasteiger partial charge in [0, 0.05) is 17.8 Å². The number of carbonyl (C=O) groups is 1. The summed E-state index contributed by atoms with van der Waals surface area (Å²) >= 11 is 6.03. The zero-order valence-corrected chi connectivity index (χ0v) is 18.1. The van der Waals surface area contributed by atoms with Crippen molar-refractivity contribution in [2.24, 2.45) is 0 Å². The van der Waals surface area contributed by atoms with Crippen LogP contribution in [0.1, 0.15) is 0 Å². The van der Waals surface area contributed by atoms with E-state index in [-0.39, 0.29) is 27.9 Å². The normalized spacial score (nSPS) is 11.6. The highest BCUT2D eigenvalue weighted by Crippen LogP contribution is 2.39. The molecule has 2 aromatic carbocycles. The zero-order valence-electron chi connectivity index (χ0n) is 16.5. The minimum atomic E-state index is -4.85. The molecule has 0 fully saturated rings. The van der Waals surface area contributed by atoms with Gasteiger partial charge in [0.25, 0.3) is 0 Å². The number of hydrogen-bond donors (Lipinski definition) is 1. The molecule has 0 aromatic heterocycles. The number of anilines is 2. The fourth-order valence-corrected chi connectivity index (χ4v) is 3.57. The van der Waals surface area contributed by atoms with E-state index < -0.39 is 34.6 Å². The van der Waals surface area contributed by atoms with E-state index in [1.807, 2.05) is 0 Å². The summed E-state index contributed by atoms with van der Waals surface area (Å²) < 4.78 is 76.2. The molecule has 31 heavy (non-hydrogen) atoms. The van der Waals surface area contributed by atoms with Crippen LogP contribution in [0.25, 0.3) is 0 Å². The van der Waals surface area contributed by atoms with Gasteiger partial charge in [-0.1, -0.05) is 11.6 Å². The predicted molar refractivity (Wildman–Crippen MR) is 109 cm³/mol. The molecule has 0 aliphatic carbocycles. The highest BCUT2D eigenvalue weighted by molar-refractivity contribution is 7.92. The van der Waals surface area contributed by atoms with Crippen molar-refractivity contribution in [2.75, 3.05) is 36.6 Å². The Balaban J connectivity index is 2.26. The number of alkyl halides is 3. The summed E-state index contributed by atoms with van der Waals surface area (Å²) in [5.74, 6) is -0.989. The first-order valence-corrected chi connectivity index (χ1v) is 10.6. The summed E-state index contributed by atoms with van der Waals surface area (Å²) in [4.78, 5) is 12.5. The van der Waals surface area contributed by atoms with Crippen molar-refractivity contribution in [1.82, 2.24) is 0 Å². The highest BCUT2D eigenvalue weighted by atomic mass is 35.5. The Morgan fingerprint density at radius 3 is 2.16 bits per heavy atom. The molecular weight excluding hydrogens is 465 g/mol. The Bertz CT molecular complexity index is 1050. The number of sulfonamides is 1. The molecule has 1 amide bonds. The van der Waals surface area contributed by atoms with Gasteiger partial charge in [0.1, 0.15) is 23.8 Å². The smallest absolute Gasteiger partial charge is 0.495 e. The Kier molecular flexibility index (Phi) is 7.49. The van der Waals surface area contributed by atoms with E-state index in [1.54, 1.807) is 0 Å². The third-order valence-corrected chi connectivity index (χ3v) is 5.20. The van der Waals surface area contributed by atoms with Gasteiger partial charge in [-0.3, -0.25) is 9.10 Å². The number of hydrogen-bond acceptors (Lipinski definition) is 6. The summed E-state index contributed by atoms with van der Waals surface area (Å²) in [7, 11) is -1.32. The van der Waals surface area contributed by atoms with Crippen molar-refractivity contribution in [1.29, 1.82) is 0 Å². The van der Waals surface area contributed by atoms with Crippen LogP contribution in [0, 0.1) is 0 Å². The van der Waals surface area contributed by atoms with Crippen LogP contribution in [-0.2, 0) is 14.8 Å². The van der Waals surface area contributed by atoms with Crippen molar-refractivity contribution in [3.05, 3.63) is 41.4 Å². The summed E-state index contributed by atoms with van der Waals surface area (Å²) in [5.41, 5.74) is 0.143. The predicted octanol–water partition coefficient (Wildman–Crippen LogP) is 3.66. The van der Waals surface area contributed by atoms with Crippen molar-refractivity contribution in [3.8, 4) is 17.2 Å². The maximum Gasteiger partial charge on any atom is 0.573 e. The second-order valence-corrected chi connectivity index (χ2v) is 8.36. The van der Waals surface area contributed by atoms with Crippen LogP contribution in [0.15, 0.2) is 36.4 Å². The molecule has 8 nitrogen and oxygen atoms in total. The third-order valence-electron chi connectivity index (χ3n) is 3.78. The van der Waals surface area contributed by atoms with Crippen molar-refractivity contribution in [2.45, 2.75) is 6.36 Å². The van der Waals surface area contributed by atoms with Gasteiger partial charge in [-0.25, -0.2) is 8.42 Å². The molecule has 0 bridgehead atoms. The van der Waals surface area contributed by atoms with E-state index in [9.17, 15) is 26.4 Å². The number of methoxy groups -OCH3 is 2. The number of rotatable bonds is 8. The minimum Gasteiger partial charge on any atom is -0.495 e. The zero-order chi connectivity index (χ0) is 23.4. The fraction of sp³-hybridized carbons (Fsp3) is 0.278. The number of nitrogens with zero attached hydrogens (tertiary/aromatic N) is 1. The van der Waals surface area contributed by atoms with Gasteiger partial charge in [0.05, 0.1) is 31.2 Å². The molecule has 0 heterocycles. The molecule has 170 valence electrons. The van der Waals surface area contributed by atoms with Crippen LogP contribution in [-0.4, -0.2) is 47.7 Å². The fourth-order valence-electron chi connectivity index (χ4n) is 2.49. The largest absolute Gasteiger partial charge is 0.573 e. The second-order valence-electron chi connectivity index (χ2n) is 6.05. The molecule has 0 saturated heterocycles. The number of nitrogens with one attached hydrogen (secondary N) is 1. The van der Waals surface area contributed by atoms with Gasteiger partial charge in [-0.05, 0) is 24.3 Å². The standard InChI is InChI=1S/C18H18ClF3N2O6S/c1-28-15-9-14(16(29-2)8-13(15)19)24(31(3,26)27)10-17(25)23-11-4-6-12(7-5-11)30-18(20,21)22/h4-9H,10H2,1-3H3,(H,23,25). The van der Waals surface area contributed by atoms with Gasteiger partial charge < -0.3 is 19.5 Å². The molecular formula is C18H18ClF3N2O6S. The van der Waals surface area contributed by atoms with E-state index in [0.29, 0.717) is 0 Å². The Labute approximate surface area is 181 Å². The lowest BCUT2D eigenvalue weighted by atomic mass is 10.2. The molecule has 0 atom stereocenters. The quantitative estimate of drug-likeness (QED) is 0.617. The molecule has 0 aliphatic heterocycles. The Hall–Kier alpha value is -2.86. The molecule has 1 N–H and O–H groups in total. The number of halogens is 4. The topological polar surface area (TPSA) is 94.2 Å². The first kappa shape index (κ1) is 24.4. The summed E-state index contributed by atoms with van der Waals surface area (Å²) in [6, 6.07) is 7.00. The average Bonchev–Trinajstić information content (AvgIpc) is 2.65. The van der Waals surface area contributed by atoms with Gasteiger partial charge in [0.2, 0.25) is 15.9 Å². The summed E-state index contributed by atoms with van der Waals surface area (Å²) in [5, 5.41) is 2.57. The molecule has 2 aromatic rings. The lowest BCUT2D eigenvalue weighted by molar-refractivity contribution is -0.274. The Morgan fingerprint density at radius 2 is 1.68 bits per heavy atom. The number of ether oxygens (including phenoxy) is 3. The first-order valence-electron chi connectivity index (χ1n) is 8.39. The van der Waals surface area contributed by atoms with Gasteiger partial charge >= 0.3 is 6.36 Å². The maximum atomic E-state index is 12.5. The van der Waals surface area contributed by atoms with Crippen LogP contribution in [0.5, 0.6) is 17.2 Å². The van der Waals surface area contributed by atoms with Crippen LogP contribution >= 0.6 is 11.6 Å². The van der Waals surface area contributed by atoms with Crippen LogP contribution < -0.4 is 23.8 Å². The lowest BCUT2D eigenvalue weighted by Crippen LogP contribution is -2.37. The molecule has 0 aliphatic rings. The second kappa shape index (κ2) is 9.52. The maximum absolute atomic E-state index is 12.5.